The van der Waals surface area contributed by atoms with Gasteiger partial charge in [0.25, 0.3) is 0 Å². The number of ketones is 1. The molecule has 222 valence electrons. The second-order valence-corrected chi connectivity index (χ2v) is 13.6. The van der Waals surface area contributed by atoms with Gasteiger partial charge in [0.15, 0.2) is 5.78 Å². The summed E-state index contributed by atoms with van der Waals surface area (Å²) in [7, 11) is 3.99. The molecular weight excluding hydrogens is 514 g/mol. The van der Waals surface area contributed by atoms with Crippen LogP contribution in [0.25, 0.3) is 0 Å². The summed E-state index contributed by atoms with van der Waals surface area (Å²) in [6.07, 6.45) is 2.24. The van der Waals surface area contributed by atoms with Gasteiger partial charge in [0, 0.05) is 13.0 Å². The van der Waals surface area contributed by atoms with E-state index in [9.17, 15) is 14.4 Å². The first-order chi connectivity index (χ1) is 19.3. The lowest BCUT2D eigenvalue weighted by molar-refractivity contribution is -0.157. The third kappa shape index (κ3) is 7.56. The molecule has 2 aromatic carbocycles. The van der Waals surface area contributed by atoms with Crippen LogP contribution in [0.2, 0.25) is 0 Å². The number of Topliss-reactive ketones (excluding diaryl/α,β-unsaturated/α-hetero) is 1. The summed E-state index contributed by atoms with van der Waals surface area (Å²) >= 11 is 0. The van der Waals surface area contributed by atoms with Gasteiger partial charge in [-0.2, -0.15) is 0 Å². The molecule has 7 nitrogen and oxygen atoms in total. The average molecular weight is 562 g/mol. The van der Waals surface area contributed by atoms with Gasteiger partial charge in [-0.15, -0.1) is 0 Å². The van der Waals surface area contributed by atoms with Gasteiger partial charge in [0.05, 0.1) is 0 Å². The van der Waals surface area contributed by atoms with Crippen molar-refractivity contribution >= 4 is 17.6 Å². The molecule has 1 N–H and O–H groups in total. The van der Waals surface area contributed by atoms with E-state index in [0.29, 0.717) is 24.3 Å². The van der Waals surface area contributed by atoms with E-state index in [2.05, 4.69) is 22.3 Å². The van der Waals surface area contributed by atoms with Crippen LogP contribution in [0, 0.1) is 17.3 Å². The highest BCUT2D eigenvalue weighted by Crippen LogP contribution is 2.37. The molecule has 2 aromatic rings. The molecule has 4 rings (SSSR count). The van der Waals surface area contributed by atoms with Crippen molar-refractivity contribution in [3.05, 3.63) is 65.2 Å². The first-order valence-corrected chi connectivity index (χ1v) is 14.9. The summed E-state index contributed by atoms with van der Waals surface area (Å²) in [6, 6.07) is 13.5. The monoisotopic (exact) mass is 561 g/mol. The Hall–Kier alpha value is -3.19. The number of benzene rings is 2. The van der Waals surface area contributed by atoms with Crippen molar-refractivity contribution in [1.82, 2.24) is 15.1 Å². The number of hydrogen-bond donors (Lipinski definition) is 1. The fourth-order valence-electron chi connectivity index (χ4n) is 6.09. The lowest BCUT2D eigenvalue weighted by Gasteiger charge is -2.45. The molecule has 2 amide bonds. The SMILES string of the molecule is CC(C)C[C@@H]1C(=O)N[C@H](C2Cc3ccccc3C2)C(=O)N1[C@@H](C(=O)CC(C)(C)C)c1ccc(OCCN(C)C)cc1. The average Bonchev–Trinajstić information content (AvgIpc) is 3.31. The Labute approximate surface area is 245 Å². The van der Waals surface area contributed by atoms with Crippen molar-refractivity contribution in [3.8, 4) is 5.75 Å². The zero-order valence-electron chi connectivity index (χ0n) is 25.8. The molecule has 2 aliphatic rings. The molecular formula is C34H47N3O4. The Morgan fingerprint density at radius 3 is 2.17 bits per heavy atom. The van der Waals surface area contributed by atoms with Crippen LogP contribution in [0.5, 0.6) is 5.75 Å². The Kier molecular flexibility index (Phi) is 9.58. The highest BCUT2D eigenvalue weighted by Gasteiger charge is 2.49. The Bertz CT molecular complexity index is 1210. The van der Waals surface area contributed by atoms with Crippen LogP contribution >= 0.6 is 0 Å². The van der Waals surface area contributed by atoms with Gasteiger partial charge in [-0.05, 0) is 79.4 Å². The number of fused-ring (bicyclic) bond motifs is 1. The molecule has 0 radical (unpaired) electrons. The fraction of sp³-hybridized carbons (Fsp3) is 0.559. The van der Waals surface area contributed by atoms with E-state index in [1.54, 1.807) is 4.90 Å². The van der Waals surface area contributed by atoms with E-state index < -0.39 is 18.1 Å². The van der Waals surface area contributed by atoms with Crippen LogP contribution in [0.4, 0.5) is 0 Å². The number of amides is 2. The summed E-state index contributed by atoms with van der Waals surface area (Å²) in [5.74, 6) is 0.448. The smallest absolute Gasteiger partial charge is 0.247 e. The molecule has 1 heterocycles. The zero-order chi connectivity index (χ0) is 29.9. The van der Waals surface area contributed by atoms with Gasteiger partial charge < -0.3 is 19.9 Å². The standard InChI is InChI=1S/C34H47N3O4/c1-22(2)18-28-32(39)35-30(26-19-24-10-8-9-11-25(24)20-26)33(40)37(28)31(29(38)21-34(3,4)5)23-12-14-27(15-13-23)41-17-16-36(6)7/h8-15,22,26,28,30-31H,16-21H2,1-7H3,(H,35,39)/t28-,30-,31-/m1/s1. The lowest BCUT2D eigenvalue weighted by Crippen LogP contribution is -2.66. The predicted molar refractivity (Wildman–Crippen MR) is 162 cm³/mol. The van der Waals surface area contributed by atoms with E-state index in [1.165, 1.54) is 11.1 Å². The van der Waals surface area contributed by atoms with Crippen molar-refractivity contribution in [2.75, 3.05) is 27.2 Å². The number of hydrogen-bond acceptors (Lipinski definition) is 5. The molecule has 7 heteroatoms. The van der Waals surface area contributed by atoms with E-state index in [0.717, 1.165) is 19.4 Å². The molecule has 1 fully saturated rings. The van der Waals surface area contributed by atoms with Gasteiger partial charge in [0.1, 0.15) is 30.5 Å². The van der Waals surface area contributed by atoms with Crippen molar-refractivity contribution in [3.63, 3.8) is 0 Å². The Morgan fingerprint density at radius 1 is 1.02 bits per heavy atom. The lowest BCUT2D eigenvalue weighted by atomic mass is 9.83. The molecule has 1 saturated heterocycles. The maximum Gasteiger partial charge on any atom is 0.247 e. The van der Waals surface area contributed by atoms with Crippen molar-refractivity contribution in [2.24, 2.45) is 17.3 Å². The quantitative estimate of drug-likeness (QED) is 0.425. The molecule has 0 spiro atoms. The van der Waals surface area contributed by atoms with Crippen LogP contribution < -0.4 is 10.1 Å². The number of nitrogens with zero attached hydrogens (tertiary/aromatic N) is 2. The number of rotatable bonds is 11. The second-order valence-electron chi connectivity index (χ2n) is 13.6. The van der Waals surface area contributed by atoms with Gasteiger partial charge in [-0.25, -0.2) is 0 Å². The topological polar surface area (TPSA) is 79.0 Å². The number of carbonyl (C=O) groups is 3. The number of ether oxygens (including phenoxy) is 1. The number of piperazine rings is 1. The largest absolute Gasteiger partial charge is 0.492 e. The highest BCUT2D eigenvalue weighted by atomic mass is 16.5. The van der Waals surface area contributed by atoms with Crippen molar-refractivity contribution in [2.45, 2.75) is 78.4 Å². The van der Waals surface area contributed by atoms with Gasteiger partial charge >= 0.3 is 0 Å². The van der Waals surface area contributed by atoms with E-state index in [-0.39, 0.29) is 41.3 Å². The highest BCUT2D eigenvalue weighted by molar-refractivity contribution is 6.00. The van der Waals surface area contributed by atoms with Gasteiger partial charge in [-0.1, -0.05) is 71.0 Å². The van der Waals surface area contributed by atoms with Crippen LogP contribution in [0.1, 0.15) is 70.2 Å². The molecule has 3 atom stereocenters. The van der Waals surface area contributed by atoms with E-state index in [1.807, 2.05) is 85.1 Å². The molecule has 0 unspecified atom stereocenters. The number of nitrogens with one attached hydrogen (secondary N) is 1. The third-order valence-electron chi connectivity index (χ3n) is 8.00. The summed E-state index contributed by atoms with van der Waals surface area (Å²) in [4.78, 5) is 46.1. The first-order valence-electron chi connectivity index (χ1n) is 14.9. The summed E-state index contributed by atoms with van der Waals surface area (Å²) < 4.78 is 5.89. The Balaban J connectivity index is 1.70. The van der Waals surface area contributed by atoms with E-state index >= 15 is 0 Å². The summed E-state index contributed by atoms with van der Waals surface area (Å²) in [5, 5.41) is 3.10. The predicted octanol–water partition coefficient (Wildman–Crippen LogP) is 4.83. The minimum atomic E-state index is -0.848. The van der Waals surface area contributed by atoms with Crippen molar-refractivity contribution < 1.29 is 19.1 Å². The second kappa shape index (κ2) is 12.8. The molecule has 41 heavy (non-hydrogen) atoms. The van der Waals surface area contributed by atoms with Crippen LogP contribution in [-0.2, 0) is 27.2 Å². The molecule has 1 aliphatic heterocycles. The van der Waals surface area contributed by atoms with Crippen LogP contribution in [-0.4, -0.2) is 66.7 Å². The van der Waals surface area contributed by atoms with Crippen LogP contribution in [0.3, 0.4) is 0 Å². The van der Waals surface area contributed by atoms with Gasteiger partial charge in [-0.3, -0.25) is 14.4 Å². The minimum absolute atomic E-state index is 0.0443. The first kappa shape index (κ1) is 30.8. The zero-order valence-corrected chi connectivity index (χ0v) is 25.8. The summed E-state index contributed by atoms with van der Waals surface area (Å²) in [5.41, 5.74) is 2.89. The molecule has 0 aromatic heterocycles. The number of likely N-dealkylation sites (N-methyl/N-ethyl adjacent to an activating group) is 1. The minimum Gasteiger partial charge on any atom is -0.492 e. The molecule has 1 aliphatic carbocycles. The maximum absolute atomic E-state index is 14.5. The molecule has 0 saturated carbocycles. The van der Waals surface area contributed by atoms with Crippen molar-refractivity contribution in [1.29, 1.82) is 0 Å². The maximum atomic E-state index is 14.5. The molecule has 0 bridgehead atoms. The third-order valence-corrected chi connectivity index (χ3v) is 8.00. The van der Waals surface area contributed by atoms with Gasteiger partial charge in [0.2, 0.25) is 11.8 Å². The van der Waals surface area contributed by atoms with Crippen LogP contribution in [0.15, 0.2) is 48.5 Å². The summed E-state index contributed by atoms with van der Waals surface area (Å²) in [6.45, 7) is 11.5. The fourth-order valence-corrected chi connectivity index (χ4v) is 6.09. The van der Waals surface area contributed by atoms with E-state index in [4.69, 9.17) is 4.74 Å². The Morgan fingerprint density at radius 2 is 1.63 bits per heavy atom. The normalized spacial score (nSPS) is 20.4. The number of carbonyl (C=O) groups excluding carboxylic acids is 3.